The molecule has 0 bridgehead atoms. The number of amides is 1. The van der Waals surface area contributed by atoms with Crippen LogP contribution in [0.1, 0.15) is 12.5 Å². The number of nitrogens with zero attached hydrogens (tertiary/aromatic N) is 1. The lowest BCUT2D eigenvalue weighted by Gasteiger charge is -2.25. The average Bonchev–Trinajstić information content (AvgIpc) is 2.61. The van der Waals surface area contributed by atoms with Gasteiger partial charge in [-0.1, -0.05) is 49.4 Å². The minimum Gasteiger partial charge on any atom is -0.504 e. The smallest absolute Gasteiger partial charge is 0.260 e. The normalized spacial score (nSPS) is 11.8. The minimum atomic E-state index is -0.192. The molecular formula is C19H23NO4. The van der Waals surface area contributed by atoms with Crippen LogP contribution in [0.4, 0.5) is 0 Å². The lowest BCUT2D eigenvalue weighted by atomic mass is 10.1. The quantitative estimate of drug-likeness (QED) is 0.780. The molecule has 1 amide bonds. The van der Waals surface area contributed by atoms with Crippen molar-refractivity contribution in [3.63, 3.8) is 0 Å². The highest BCUT2D eigenvalue weighted by atomic mass is 16.5. The molecule has 2 N–H and O–H groups in total. The highest BCUT2D eigenvalue weighted by molar-refractivity contribution is 5.77. The molecule has 2 aromatic carbocycles. The molecule has 0 aromatic heterocycles. The first-order valence-corrected chi connectivity index (χ1v) is 7.93. The van der Waals surface area contributed by atoms with Crippen LogP contribution in [0, 0.1) is 5.92 Å². The van der Waals surface area contributed by atoms with E-state index in [1.165, 1.54) is 6.07 Å². The molecule has 1 atom stereocenters. The summed E-state index contributed by atoms with van der Waals surface area (Å²) in [4.78, 5) is 14.2. The van der Waals surface area contributed by atoms with Crippen LogP contribution in [0.15, 0.2) is 54.6 Å². The number of ether oxygens (including phenoxy) is 1. The van der Waals surface area contributed by atoms with E-state index < -0.39 is 0 Å². The predicted molar refractivity (Wildman–Crippen MR) is 91.7 cm³/mol. The van der Waals surface area contributed by atoms with Gasteiger partial charge in [0.25, 0.3) is 5.91 Å². The first-order chi connectivity index (χ1) is 11.6. The molecule has 0 heterocycles. The van der Waals surface area contributed by atoms with Gasteiger partial charge in [-0.15, -0.1) is 0 Å². The van der Waals surface area contributed by atoms with E-state index in [2.05, 4.69) is 0 Å². The SMILES string of the molecule is C[C@H](CO)CN(Cc1ccccc1)C(=O)COc1ccccc1O. The number of rotatable bonds is 8. The van der Waals surface area contributed by atoms with E-state index in [0.29, 0.717) is 13.1 Å². The number of carbonyl (C=O) groups excluding carboxylic acids is 1. The van der Waals surface area contributed by atoms with E-state index in [-0.39, 0.29) is 36.5 Å². The molecule has 0 aliphatic heterocycles. The molecule has 0 saturated heterocycles. The number of aromatic hydroxyl groups is 1. The van der Waals surface area contributed by atoms with Crippen LogP contribution in [-0.2, 0) is 11.3 Å². The maximum atomic E-state index is 12.5. The van der Waals surface area contributed by atoms with Gasteiger partial charge in [-0.3, -0.25) is 4.79 Å². The van der Waals surface area contributed by atoms with Crippen LogP contribution in [-0.4, -0.2) is 40.8 Å². The van der Waals surface area contributed by atoms with Crippen molar-refractivity contribution in [1.82, 2.24) is 4.90 Å². The Balaban J connectivity index is 2.02. The number of phenolic OH excluding ortho intramolecular Hbond substituents is 1. The van der Waals surface area contributed by atoms with Crippen molar-refractivity contribution < 1.29 is 19.7 Å². The summed E-state index contributed by atoms with van der Waals surface area (Å²) in [5.41, 5.74) is 1.01. The van der Waals surface area contributed by atoms with E-state index in [0.717, 1.165) is 5.56 Å². The summed E-state index contributed by atoms with van der Waals surface area (Å²) >= 11 is 0. The van der Waals surface area contributed by atoms with Crippen molar-refractivity contribution >= 4 is 5.91 Å². The van der Waals surface area contributed by atoms with Gasteiger partial charge in [-0.25, -0.2) is 0 Å². The summed E-state index contributed by atoms with van der Waals surface area (Å²) in [6.45, 7) is 2.62. The Bertz CT molecular complexity index is 645. The summed E-state index contributed by atoms with van der Waals surface area (Å²) in [7, 11) is 0. The second kappa shape index (κ2) is 8.93. The highest BCUT2D eigenvalue weighted by Crippen LogP contribution is 2.24. The van der Waals surface area contributed by atoms with Gasteiger partial charge in [0.05, 0.1) is 0 Å². The van der Waals surface area contributed by atoms with Gasteiger partial charge < -0.3 is 19.8 Å². The van der Waals surface area contributed by atoms with Crippen LogP contribution in [0.3, 0.4) is 0 Å². The molecule has 128 valence electrons. The first-order valence-electron chi connectivity index (χ1n) is 7.93. The van der Waals surface area contributed by atoms with Gasteiger partial charge in [-0.05, 0) is 23.6 Å². The lowest BCUT2D eigenvalue weighted by molar-refractivity contribution is -0.134. The molecule has 0 saturated carbocycles. The van der Waals surface area contributed by atoms with Gasteiger partial charge in [0.1, 0.15) is 0 Å². The van der Waals surface area contributed by atoms with E-state index in [1.54, 1.807) is 23.1 Å². The van der Waals surface area contributed by atoms with Crippen molar-refractivity contribution in [2.75, 3.05) is 19.8 Å². The van der Waals surface area contributed by atoms with E-state index >= 15 is 0 Å². The highest BCUT2D eigenvalue weighted by Gasteiger charge is 2.18. The van der Waals surface area contributed by atoms with Gasteiger partial charge in [0.15, 0.2) is 18.1 Å². The van der Waals surface area contributed by atoms with E-state index in [4.69, 9.17) is 4.74 Å². The van der Waals surface area contributed by atoms with Gasteiger partial charge in [0.2, 0.25) is 0 Å². The van der Waals surface area contributed by atoms with Crippen molar-refractivity contribution in [3.05, 3.63) is 60.2 Å². The number of aliphatic hydroxyl groups is 1. The second-order valence-corrected chi connectivity index (χ2v) is 5.80. The molecule has 2 rings (SSSR count). The maximum Gasteiger partial charge on any atom is 0.260 e. The largest absolute Gasteiger partial charge is 0.504 e. The lowest BCUT2D eigenvalue weighted by Crippen LogP contribution is -2.38. The fourth-order valence-electron chi connectivity index (χ4n) is 2.30. The van der Waals surface area contributed by atoms with Crippen LogP contribution in [0.2, 0.25) is 0 Å². The molecule has 5 heteroatoms. The maximum absolute atomic E-state index is 12.5. The Labute approximate surface area is 142 Å². The zero-order valence-corrected chi connectivity index (χ0v) is 13.8. The molecule has 2 aromatic rings. The minimum absolute atomic E-state index is 0.00337. The Morgan fingerprint density at radius 1 is 1.12 bits per heavy atom. The first kappa shape index (κ1) is 17.8. The molecule has 0 radical (unpaired) electrons. The summed E-state index contributed by atoms with van der Waals surface area (Å²) < 4.78 is 5.43. The molecule has 0 unspecified atom stereocenters. The van der Waals surface area contributed by atoms with Crippen LogP contribution in [0.5, 0.6) is 11.5 Å². The standard InChI is InChI=1S/C19H23NO4/c1-15(13-21)11-20(12-16-7-3-2-4-8-16)19(23)14-24-18-10-6-5-9-17(18)22/h2-10,15,21-22H,11-14H2,1H3/t15-/m0/s1. The van der Waals surface area contributed by atoms with Crippen LogP contribution in [0.25, 0.3) is 0 Å². The zero-order chi connectivity index (χ0) is 17.4. The number of aliphatic hydroxyl groups excluding tert-OH is 1. The van der Waals surface area contributed by atoms with Crippen molar-refractivity contribution in [2.45, 2.75) is 13.5 Å². The summed E-state index contributed by atoms with van der Waals surface area (Å²) in [6.07, 6.45) is 0. The number of benzene rings is 2. The monoisotopic (exact) mass is 329 g/mol. The van der Waals surface area contributed by atoms with Gasteiger partial charge in [-0.2, -0.15) is 0 Å². The zero-order valence-electron chi connectivity index (χ0n) is 13.8. The molecular weight excluding hydrogens is 306 g/mol. The molecule has 24 heavy (non-hydrogen) atoms. The third-order valence-electron chi connectivity index (χ3n) is 3.63. The Hall–Kier alpha value is -2.53. The topological polar surface area (TPSA) is 70.0 Å². The summed E-state index contributed by atoms with van der Waals surface area (Å²) in [6, 6.07) is 16.2. The predicted octanol–water partition coefficient (Wildman–Crippen LogP) is 2.43. The molecule has 0 aliphatic carbocycles. The molecule has 0 fully saturated rings. The van der Waals surface area contributed by atoms with Crippen molar-refractivity contribution in [3.8, 4) is 11.5 Å². The average molecular weight is 329 g/mol. The Kier molecular flexibility index (Phi) is 6.63. The number of carbonyl (C=O) groups is 1. The molecule has 0 aliphatic rings. The Morgan fingerprint density at radius 2 is 1.79 bits per heavy atom. The number of hydrogen-bond donors (Lipinski definition) is 2. The van der Waals surface area contributed by atoms with E-state index in [9.17, 15) is 15.0 Å². The second-order valence-electron chi connectivity index (χ2n) is 5.80. The number of hydrogen-bond acceptors (Lipinski definition) is 4. The number of phenols is 1. The third kappa shape index (κ3) is 5.28. The van der Waals surface area contributed by atoms with Crippen LogP contribution >= 0.6 is 0 Å². The van der Waals surface area contributed by atoms with Crippen molar-refractivity contribution in [2.24, 2.45) is 5.92 Å². The molecule has 5 nitrogen and oxygen atoms in total. The third-order valence-corrected chi connectivity index (χ3v) is 3.63. The summed E-state index contributed by atoms with van der Waals surface area (Å²) in [5, 5.41) is 19.0. The van der Waals surface area contributed by atoms with Gasteiger partial charge in [0, 0.05) is 19.7 Å². The molecule has 0 spiro atoms. The van der Waals surface area contributed by atoms with Crippen LogP contribution < -0.4 is 4.74 Å². The van der Waals surface area contributed by atoms with E-state index in [1.807, 2.05) is 37.3 Å². The van der Waals surface area contributed by atoms with Crippen molar-refractivity contribution in [1.29, 1.82) is 0 Å². The van der Waals surface area contributed by atoms with Gasteiger partial charge >= 0.3 is 0 Å². The Morgan fingerprint density at radius 3 is 2.46 bits per heavy atom. The number of para-hydroxylation sites is 2. The fourth-order valence-corrected chi connectivity index (χ4v) is 2.30. The summed E-state index contributed by atoms with van der Waals surface area (Å²) in [5.74, 6) is 0.0644. The fraction of sp³-hybridized carbons (Fsp3) is 0.316.